The molecule has 0 bridgehead atoms. The van der Waals surface area contributed by atoms with E-state index in [1.165, 1.54) is 24.8 Å². The molecule has 2 unspecified atom stereocenters. The van der Waals surface area contributed by atoms with Crippen molar-refractivity contribution in [2.75, 3.05) is 0 Å². The summed E-state index contributed by atoms with van der Waals surface area (Å²) in [6, 6.07) is 0. The number of aromatic nitrogens is 2. The van der Waals surface area contributed by atoms with Crippen molar-refractivity contribution in [3.63, 3.8) is 0 Å². The first kappa shape index (κ1) is 9.07. The van der Waals surface area contributed by atoms with E-state index in [-0.39, 0.29) is 0 Å². The van der Waals surface area contributed by atoms with Gasteiger partial charge in [-0.15, -0.1) is 11.6 Å². The standard InChI is InChI=1S/C10H15ClN2/c1-13-7-9(6-12-13)4-8-2-3-10(11)5-8/h6-8,10H,2-5H2,1H3. The first-order valence-electron chi connectivity index (χ1n) is 4.85. The lowest BCUT2D eigenvalue weighted by molar-refractivity contribution is 0.547. The quantitative estimate of drug-likeness (QED) is 0.668. The van der Waals surface area contributed by atoms with Crippen LogP contribution >= 0.6 is 11.6 Å². The van der Waals surface area contributed by atoms with Gasteiger partial charge in [0, 0.05) is 18.6 Å². The SMILES string of the molecule is Cn1cc(CC2CCC(Cl)C2)cn1. The van der Waals surface area contributed by atoms with Crippen LogP contribution in [0.2, 0.25) is 0 Å². The Balaban J connectivity index is 1.91. The first-order chi connectivity index (χ1) is 6.24. The van der Waals surface area contributed by atoms with Crippen molar-refractivity contribution in [1.82, 2.24) is 9.78 Å². The van der Waals surface area contributed by atoms with Gasteiger partial charge in [0.2, 0.25) is 0 Å². The van der Waals surface area contributed by atoms with Gasteiger partial charge in [-0.2, -0.15) is 5.10 Å². The van der Waals surface area contributed by atoms with E-state index in [4.69, 9.17) is 11.6 Å². The molecule has 0 saturated heterocycles. The fourth-order valence-electron chi connectivity index (χ4n) is 2.11. The molecule has 2 atom stereocenters. The Morgan fingerprint density at radius 2 is 2.46 bits per heavy atom. The van der Waals surface area contributed by atoms with E-state index in [0.29, 0.717) is 5.38 Å². The van der Waals surface area contributed by atoms with Crippen molar-refractivity contribution in [2.24, 2.45) is 13.0 Å². The summed E-state index contributed by atoms with van der Waals surface area (Å²) in [6.07, 6.45) is 8.85. The maximum Gasteiger partial charge on any atom is 0.0521 e. The lowest BCUT2D eigenvalue weighted by atomic mass is 10.0. The summed E-state index contributed by atoms with van der Waals surface area (Å²) in [7, 11) is 1.96. The number of hydrogen-bond donors (Lipinski definition) is 0. The maximum atomic E-state index is 6.06. The predicted molar refractivity (Wildman–Crippen MR) is 53.9 cm³/mol. The van der Waals surface area contributed by atoms with Crippen LogP contribution in [0.25, 0.3) is 0 Å². The summed E-state index contributed by atoms with van der Waals surface area (Å²) in [6.45, 7) is 0. The second-order valence-electron chi connectivity index (χ2n) is 4.00. The van der Waals surface area contributed by atoms with Crippen molar-refractivity contribution in [1.29, 1.82) is 0 Å². The maximum absolute atomic E-state index is 6.06. The second kappa shape index (κ2) is 3.70. The molecule has 0 aliphatic heterocycles. The molecule has 1 fully saturated rings. The third kappa shape index (κ3) is 2.25. The van der Waals surface area contributed by atoms with Crippen LogP contribution in [0.15, 0.2) is 12.4 Å². The third-order valence-electron chi connectivity index (χ3n) is 2.76. The smallest absolute Gasteiger partial charge is 0.0521 e. The summed E-state index contributed by atoms with van der Waals surface area (Å²) < 4.78 is 1.86. The minimum atomic E-state index is 0.418. The zero-order valence-corrected chi connectivity index (χ0v) is 8.67. The number of hydrogen-bond acceptors (Lipinski definition) is 1. The zero-order valence-electron chi connectivity index (χ0n) is 7.91. The Bertz CT molecular complexity index is 282. The summed E-state index contributed by atoms with van der Waals surface area (Å²) in [5, 5.41) is 4.58. The highest BCUT2D eigenvalue weighted by atomic mass is 35.5. The van der Waals surface area contributed by atoms with Crippen LogP contribution in [0.3, 0.4) is 0 Å². The largest absolute Gasteiger partial charge is 0.276 e. The first-order valence-corrected chi connectivity index (χ1v) is 5.29. The molecule has 1 aliphatic rings. The number of aryl methyl sites for hydroxylation is 1. The molecular weight excluding hydrogens is 184 g/mol. The molecule has 1 aromatic rings. The molecule has 13 heavy (non-hydrogen) atoms. The fraction of sp³-hybridized carbons (Fsp3) is 0.700. The fourth-order valence-corrected chi connectivity index (χ4v) is 2.49. The molecule has 1 aromatic heterocycles. The molecule has 0 aromatic carbocycles. The Morgan fingerprint density at radius 1 is 1.62 bits per heavy atom. The van der Waals surface area contributed by atoms with Crippen LogP contribution in [0, 0.1) is 5.92 Å². The highest BCUT2D eigenvalue weighted by molar-refractivity contribution is 6.20. The molecular formula is C10H15ClN2. The molecule has 1 saturated carbocycles. The van der Waals surface area contributed by atoms with E-state index < -0.39 is 0 Å². The van der Waals surface area contributed by atoms with Gasteiger partial charge in [0.1, 0.15) is 0 Å². The van der Waals surface area contributed by atoms with Gasteiger partial charge in [-0.1, -0.05) is 0 Å². The van der Waals surface area contributed by atoms with Crippen molar-refractivity contribution in [3.8, 4) is 0 Å². The van der Waals surface area contributed by atoms with Crippen LogP contribution in [0.5, 0.6) is 0 Å². The van der Waals surface area contributed by atoms with Gasteiger partial charge in [0.25, 0.3) is 0 Å². The monoisotopic (exact) mass is 198 g/mol. The molecule has 0 radical (unpaired) electrons. The summed E-state index contributed by atoms with van der Waals surface area (Å²) in [5.41, 5.74) is 1.35. The minimum absolute atomic E-state index is 0.418. The predicted octanol–water partition coefficient (Wildman–Crippen LogP) is 2.37. The Hall–Kier alpha value is -0.500. The molecule has 0 amide bonds. The number of halogens is 1. The van der Waals surface area contributed by atoms with Crippen LogP contribution in [0.1, 0.15) is 24.8 Å². The molecule has 1 aliphatic carbocycles. The average molecular weight is 199 g/mol. The highest BCUT2D eigenvalue weighted by Crippen LogP contribution is 2.31. The van der Waals surface area contributed by atoms with Gasteiger partial charge < -0.3 is 0 Å². The molecule has 0 N–H and O–H groups in total. The molecule has 72 valence electrons. The van der Waals surface area contributed by atoms with Gasteiger partial charge in [-0.25, -0.2) is 0 Å². The van der Waals surface area contributed by atoms with Crippen LogP contribution in [0.4, 0.5) is 0 Å². The summed E-state index contributed by atoms with van der Waals surface area (Å²) >= 11 is 6.06. The zero-order chi connectivity index (χ0) is 9.26. The van der Waals surface area contributed by atoms with E-state index in [0.717, 1.165) is 12.3 Å². The van der Waals surface area contributed by atoms with E-state index in [1.54, 1.807) is 0 Å². The van der Waals surface area contributed by atoms with E-state index in [2.05, 4.69) is 11.3 Å². The third-order valence-corrected chi connectivity index (χ3v) is 3.16. The molecule has 1 heterocycles. The van der Waals surface area contributed by atoms with Gasteiger partial charge in [-0.3, -0.25) is 4.68 Å². The summed E-state index contributed by atoms with van der Waals surface area (Å²) in [5.74, 6) is 0.784. The van der Waals surface area contributed by atoms with E-state index >= 15 is 0 Å². The van der Waals surface area contributed by atoms with E-state index in [9.17, 15) is 0 Å². The van der Waals surface area contributed by atoms with E-state index in [1.807, 2.05) is 17.9 Å². The van der Waals surface area contributed by atoms with Crippen molar-refractivity contribution in [3.05, 3.63) is 18.0 Å². The average Bonchev–Trinajstić information content (AvgIpc) is 2.62. The second-order valence-corrected chi connectivity index (χ2v) is 4.62. The van der Waals surface area contributed by atoms with Crippen molar-refractivity contribution < 1.29 is 0 Å². The normalized spacial score (nSPS) is 28.2. The molecule has 0 spiro atoms. The van der Waals surface area contributed by atoms with Crippen LogP contribution < -0.4 is 0 Å². The Morgan fingerprint density at radius 3 is 3.00 bits per heavy atom. The van der Waals surface area contributed by atoms with Crippen molar-refractivity contribution in [2.45, 2.75) is 31.1 Å². The number of nitrogens with zero attached hydrogens (tertiary/aromatic N) is 2. The lowest BCUT2D eigenvalue weighted by Gasteiger charge is -2.05. The minimum Gasteiger partial charge on any atom is -0.276 e. The highest BCUT2D eigenvalue weighted by Gasteiger charge is 2.23. The Kier molecular flexibility index (Phi) is 2.58. The van der Waals surface area contributed by atoms with Crippen LogP contribution in [-0.2, 0) is 13.5 Å². The number of alkyl halides is 1. The van der Waals surface area contributed by atoms with Gasteiger partial charge in [0.15, 0.2) is 0 Å². The van der Waals surface area contributed by atoms with Crippen molar-refractivity contribution >= 4 is 11.6 Å². The molecule has 2 nitrogen and oxygen atoms in total. The topological polar surface area (TPSA) is 17.8 Å². The molecule has 2 rings (SSSR count). The Labute approximate surface area is 83.9 Å². The van der Waals surface area contributed by atoms with Gasteiger partial charge in [-0.05, 0) is 37.2 Å². The van der Waals surface area contributed by atoms with Gasteiger partial charge >= 0.3 is 0 Å². The molecule has 3 heteroatoms. The number of rotatable bonds is 2. The van der Waals surface area contributed by atoms with Crippen LogP contribution in [-0.4, -0.2) is 15.2 Å². The van der Waals surface area contributed by atoms with Gasteiger partial charge in [0.05, 0.1) is 6.20 Å². The summed E-state index contributed by atoms with van der Waals surface area (Å²) in [4.78, 5) is 0. The lowest BCUT2D eigenvalue weighted by Crippen LogP contribution is -1.99.